The average molecular weight is 444 g/mol. The molecule has 2 N–H and O–H groups in total. The number of benzene rings is 3. The maximum absolute atomic E-state index is 12.8. The van der Waals surface area contributed by atoms with E-state index in [1.54, 1.807) is 0 Å². The zero-order chi connectivity index (χ0) is 22.2. The number of hydrogen-bond acceptors (Lipinski definition) is 4. The number of nitrogens with one attached hydrogen (secondary N) is 2. The predicted molar refractivity (Wildman–Crippen MR) is 130 cm³/mol. The second kappa shape index (κ2) is 10.6. The third-order valence-electron chi connectivity index (χ3n) is 4.89. The average Bonchev–Trinajstić information content (AvgIpc) is 3.31. The number of nitrogens with zero attached hydrogens (tertiary/aromatic N) is 1. The standard InChI is InChI=1S/C26H25N3O2S/c1-2-17-31-22-15-13-19(14-16-22)23-18-32-26(27-23)29-25(30)28-24(20-9-5-3-6-10-20)21-11-7-4-8-12-21/h3-16,18,24H,2,17H2,1H3,(H2,27,28,29,30). The Morgan fingerprint density at radius 2 is 1.56 bits per heavy atom. The number of hydrogen-bond donors (Lipinski definition) is 2. The predicted octanol–water partition coefficient (Wildman–Crippen LogP) is 6.51. The fourth-order valence-corrected chi connectivity index (χ4v) is 4.03. The molecule has 5 nitrogen and oxygen atoms in total. The Labute approximate surface area is 192 Å². The molecule has 1 aromatic heterocycles. The molecule has 0 saturated carbocycles. The summed E-state index contributed by atoms with van der Waals surface area (Å²) in [5.74, 6) is 0.844. The summed E-state index contributed by atoms with van der Waals surface area (Å²) in [4.78, 5) is 17.4. The number of ether oxygens (including phenoxy) is 1. The fourth-order valence-electron chi connectivity index (χ4n) is 3.32. The number of carbonyl (C=O) groups excluding carboxylic acids is 1. The number of amides is 2. The highest BCUT2D eigenvalue weighted by Crippen LogP contribution is 2.27. The van der Waals surface area contributed by atoms with E-state index in [0.29, 0.717) is 11.7 Å². The lowest BCUT2D eigenvalue weighted by atomic mass is 9.99. The number of thiazole rings is 1. The molecule has 4 rings (SSSR count). The highest BCUT2D eigenvalue weighted by atomic mass is 32.1. The Hall–Kier alpha value is -3.64. The van der Waals surface area contributed by atoms with Crippen LogP contribution in [0.25, 0.3) is 11.3 Å². The molecule has 0 bridgehead atoms. The van der Waals surface area contributed by atoms with E-state index in [0.717, 1.165) is 34.6 Å². The van der Waals surface area contributed by atoms with Gasteiger partial charge in [0.1, 0.15) is 5.75 Å². The van der Waals surface area contributed by atoms with Crippen molar-refractivity contribution >= 4 is 22.5 Å². The first-order valence-corrected chi connectivity index (χ1v) is 11.5. The summed E-state index contributed by atoms with van der Waals surface area (Å²) in [6.45, 7) is 2.78. The molecule has 32 heavy (non-hydrogen) atoms. The second-order valence-corrected chi connectivity index (χ2v) is 8.12. The molecular weight excluding hydrogens is 418 g/mol. The fraction of sp³-hybridized carbons (Fsp3) is 0.154. The van der Waals surface area contributed by atoms with Gasteiger partial charge in [0.15, 0.2) is 5.13 Å². The van der Waals surface area contributed by atoms with Crippen LogP contribution in [0.3, 0.4) is 0 Å². The first-order chi connectivity index (χ1) is 15.7. The van der Waals surface area contributed by atoms with Gasteiger partial charge in [-0.05, 0) is 41.8 Å². The van der Waals surface area contributed by atoms with Gasteiger partial charge in [-0.2, -0.15) is 0 Å². The smallest absolute Gasteiger partial charge is 0.321 e. The summed E-state index contributed by atoms with van der Waals surface area (Å²) in [5, 5.41) is 8.43. The molecule has 0 fully saturated rings. The van der Waals surface area contributed by atoms with Crippen LogP contribution in [-0.2, 0) is 0 Å². The molecule has 4 aromatic rings. The Bertz CT molecular complexity index is 1090. The Kier molecular flexibility index (Phi) is 7.15. The maximum Gasteiger partial charge on any atom is 0.321 e. The first-order valence-electron chi connectivity index (χ1n) is 10.6. The minimum absolute atomic E-state index is 0.257. The Morgan fingerprint density at radius 1 is 0.938 bits per heavy atom. The molecule has 1 heterocycles. The molecule has 162 valence electrons. The number of urea groups is 1. The van der Waals surface area contributed by atoms with Crippen LogP contribution in [-0.4, -0.2) is 17.6 Å². The molecule has 3 aromatic carbocycles. The van der Waals surface area contributed by atoms with E-state index in [2.05, 4.69) is 22.5 Å². The number of anilines is 1. The summed E-state index contributed by atoms with van der Waals surface area (Å²) >= 11 is 1.40. The van der Waals surface area contributed by atoms with Gasteiger partial charge >= 0.3 is 6.03 Å². The van der Waals surface area contributed by atoms with Gasteiger partial charge in [0, 0.05) is 10.9 Å². The van der Waals surface area contributed by atoms with Crippen molar-refractivity contribution in [3.63, 3.8) is 0 Å². The first kappa shape index (κ1) is 21.6. The van der Waals surface area contributed by atoms with Gasteiger partial charge in [0.25, 0.3) is 0 Å². The highest BCUT2D eigenvalue weighted by Gasteiger charge is 2.17. The third kappa shape index (κ3) is 5.53. The van der Waals surface area contributed by atoms with Gasteiger partial charge in [-0.3, -0.25) is 5.32 Å². The van der Waals surface area contributed by atoms with Gasteiger partial charge < -0.3 is 10.1 Å². The molecule has 0 radical (unpaired) electrons. The lowest BCUT2D eigenvalue weighted by Gasteiger charge is -2.19. The zero-order valence-corrected chi connectivity index (χ0v) is 18.6. The topological polar surface area (TPSA) is 63.2 Å². The monoisotopic (exact) mass is 443 g/mol. The summed E-state index contributed by atoms with van der Waals surface area (Å²) < 4.78 is 5.63. The van der Waals surface area contributed by atoms with Crippen molar-refractivity contribution in [2.75, 3.05) is 11.9 Å². The van der Waals surface area contributed by atoms with E-state index in [1.165, 1.54) is 11.3 Å². The molecule has 6 heteroatoms. The van der Waals surface area contributed by atoms with Crippen molar-refractivity contribution in [3.8, 4) is 17.0 Å². The SMILES string of the molecule is CCCOc1ccc(-c2csc(NC(=O)NC(c3ccccc3)c3ccccc3)n2)cc1. The zero-order valence-electron chi connectivity index (χ0n) is 17.8. The molecule has 0 atom stereocenters. The van der Waals surface area contributed by atoms with Crippen LogP contribution in [0, 0.1) is 0 Å². The molecule has 0 spiro atoms. The van der Waals surface area contributed by atoms with E-state index in [1.807, 2.05) is 90.3 Å². The highest BCUT2D eigenvalue weighted by molar-refractivity contribution is 7.14. The Balaban J connectivity index is 1.44. The largest absolute Gasteiger partial charge is 0.494 e. The van der Waals surface area contributed by atoms with Crippen molar-refractivity contribution in [1.29, 1.82) is 0 Å². The van der Waals surface area contributed by atoms with E-state index >= 15 is 0 Å². The third-order valence-corrected chi connectivity index (χ3v) is 5.65. The summed E-state index contributed by atoms with van der Waals surface area (Å²) in [6, 6.07) is 27.1. The lowest BCUT2D eigenvalue weighted by Crippen LogP contribution is -2.33. The van der Waals surface area contributed by atoms with E-state index < -0.39 is 0 Å². The van der Waals surface area contributed by atoms with Crippen LogP contribution in [0.15, 0.2) is 90.3 Å². The van der Waals surface area contributed by atoms with Gasteiger partial charge in [-0.25, -0.2) is 9.78 Å². The van der Waals surface area contributed by atoms with E-state index in [-0.39, 0.29) is 12.1 Å². The molecule has 0 aliphatic rings. The summed E-state index contributed by atoms with van der Waals surface area (Å²) in [5.41, 5.74) is 3.82. The summed E-state index contributed by atoms with van der Waals surface area (Å²) in [7, 11) is 0. The van der Waals surface area contributed by atoms with E-state index in [4.69, 9.17) is 4.74 Å². The van der Waals surface area contributed by atoms with Crippen LogP contribution < -0.4 is 15.4 Å². The minimum Gasteiger partial charge on any atom is -0.494 e. The van der Waals surface area contributed by atoms with Gasteiger partial charge in [0.2, 0.25) is 0 Å². The number of rotatable bonds is 8. The van der Waals surface area contributed by atoms with Crippen molar-refractivity contribution in [2.24, 2.45) is 0 Å². The molecule has 0 unspecified atom stereocenters. The van der Waals surface area contributed by atoms with Crippen LogP contribution in [0.5, 0.6) is 5.75 Å². The molecule has 0 saturated heterocycles. The minimum atomic E-state index is -0.299. The quantitative estimate of drug-likeness (QED) is 0.326. The Morgan fingerprint density at radius 3 is 2.16 bits per heavy atom. The normalized spacial score (nSPS) is 10.7. The van der Waals surface area contributed by atoms with Gasteiger partial charge in [0.05, 0.1) is 18.3 Å². The molecule has 0 aliphatic heterocycles. The van der Waals surface area contributed by atoms with Gasteiger partial charge in [-0.15, -0.1) is 11.3 Å². The number of aromatic nitrogens is 1. The maximum atomic E-state index is 12.8. The molecule has 2 amide bonds. The van der Waals surface area contributed by atoms with Gasteiger partial charge in [-0.1, -0.05) is 67.6 Å². The van der Waals surface area contributed by atoms with Crippen molar-refractivity contribution < 1.29 is 9.53 Å². The van der Waals surface area contributed by atoms with Crippen LogP contribution in [0.1, 0.15) is 30.5 Å². The lowest BCUT2D eigenvalue weighted by molar-refractivity contribution is 0.250. The summed E-state index contributed by atoms with van der Waals surface area (Å²) in [6.07, 6.45) is 0.973. The van der Waals surface area contributed by atoms with Crippen molar-refractivity contribution in [3.05, 3.63) is 101 Å². The van der Waals surface area contributed by atoms with Crippen molar-refractivity contribution in [1.82, 2.24) is 10.3 Å². The van der Waals surface area contributed by atoms with Crippen LogP contribution in [0.4, 0.5) is 9.93 Å². The molecular formula is C26H25N3O2S. The van der Waals surface area contributed by atoms with E-state index in [9.17, 15) is 4.79 Å². The van der Waals surface area contributed by atoms with Crippen molar-refractivity contribution in [2.45, 2.75) is 19.4 Å². The van der Waals surface area contributed by atoms with Crippen LogP contribution in [0.2, 0.25) is 0 Å². The van der Waals surface area contributed by atoms with Crippen LogP contribution >= 0.6 is 11.3 Å². The molecule has 0 aliphatic carbocycles. The number of carbonyl (C=O) groups is 1. The second-order valence-electron chi connectivity index (χ2n) is 7.26.